The van der Waals surface area contributed by atoms with Crippen LogP contribution in [0.3, 0.4) is 0 Å². The summed E-state index contributed by atoms with van der Waals surface area (Å²) < 4.78 is 10.8. The summed E-state index contributed by atoms with van der Waals surface area (Å²) in [5, 5.41) is 12.0. The van der Waals surface area contributed by atoms with Crippen LogP contribution in [0.5, 0.6) is 5.75 Å². The van der Waals surface area contributed by atoms with Gasteiger partial charge in [0.05, 0.1) is 5.56 Å². The van der Waals surface area contributed by atoms with Gasteiger partial charge in [-0.25, -0.2) is 0 Å². The third-order valence-electron chi connectivity index (χ3n) is 3.51. The van der Waals surface area contributed by atoms with Crippen LogP contribution < -0.4 is 10.1 Å². The third kappa shape index (κ3) is 6.20. The number of ether oxygens (including phenoxy) is 2. The number of anilines is 1. The summed E-state index contributed by atoms with van der Waals surface area (Å²) in [6.45, 7) is 9.58. The molecule has 1 N–H and O–H groups in total. The van der Waals surface area contributed by atoms with Gasteiger partial charge in [0.25, 0.3) is 5.91 Å². The van der Waals surface area contributed by atoms with Gasteiger partial charge in [-0.3, -0.25) is 9.59 Å². The van der Waals surface area contributed by atoms with Crippen molar-refractivity contribution in [3.05, 3.63) is 23.8 Å². The van der Waals surface area contributed by atoms with E-state index in [2.05, 4.69) is 5.32 Å². The molecule has 6 nitrogen and oxygen atoms in total. The number of benzene rings is 1. The Morgan fingerprint density at radius 1 is 1.36 bits per heavy atom. The fourth-order valence-corrected chi connectivity index (χ4v) is 2.53. The molecule has 0 bridgehead atoms. The largest absolute Gasteiger partial charge is 0.425 e. The maximum Gasteiger partial charge on any atom is 0.308 e. The van der Waals surface area contributed by atoms with Crippen molar-refractivity contribution >= 4 is 17.6 Å². The van der Waals surface area contributed by atoms with Crippen LogP contribution in [0.2, 0.25) is 0 Å². The van der Waals surface area contributed by atoms with Crippen molar-refractivity contribution < 1.29 is 19.1 Å². The number of hydrogen-bond donors (Lipinski definition) is 1. The Morgan fingerprint density at radius 3 is 2.56 bits per heavy atom. The Kier molecular flexibility index (Phi) is 7.59. The van der Waals surface area contributed by atoms with E-state index < -0.39 is 11.6 Å². The van der Waals surface area contributed by atoms with Crippen molar-refractivity contribution in [3.8, 4) is 11.8 Å². The summed E-state index contributed by atoms with van der Waals surface area (Å²) in [5.41, 5.74) is -0.327. The molecule has 6 heteroatoms. The highest BCUT2D eigenvalue weighted by molar-refractivity contribution is 5.97. The van der Waals surface area contributed by atoms with E-state index in [1.54, 1.807) is 13.0 Å². The Labute approximate surface area is 149 Å². The molecule has 0 heterocycles. The van der Waals surface area contributed by atoms with Crippen LogP contribution in [0.1, 0.15) is 53.0 Å². The summed E-state index contributed by atoms with van der Waals surface area (Å²) >= 11 is 0. The first-order chi connectivity index (χ1) is 11.7. The lowest BCUT2D eigenvalue weighted by atomic mass is 9.93. The molecule has 0 fully saturated rings. The van der Waals surface area contributed by atoms with E-state index in [9.17, 15) is 14.9 Å². The number of amides is 1. The number of rotatable bonds is 8. The van der Waals surface area contributed by atoms with E-state index >= 15 is 0 Å². The normalized spacial score (nSPS) is 13.0. The van der Waals surface area contributed by atoms with Gasteiger partial charge in [0.15, 0.2) is 0 Å². The second-order valence-electron chi connectivity index (χ2n) is 6.55. The number of carbonyl (C=O) groups excluding carboxylic acids is 2. The van der Waals surface area contributed by atoms with Gasteiger partial charge < -0.3 is 14.8 Å². The molecule has 0 saturated carbocycles. The predicted octanol–water partition coefficient (Wildman–Crippen LogP) is 3.65. The molecular formula is C19H26N2O4. The van der Waals surface area contributed by atoms with Crippen molar-refractivity contribution in [3.63, 3.8) is 0 Å². The molecule has 0 unspecified atom stereocenters. The molecule has 1 amide bonds. The smallest absolute Gasteiger partial charge is 0.308 e. The summed E-state index contributed by atoms with van der Waals surface area (Å²) in [7, 11) is 0. The molecule has 136 valence electrons. The van der Waals surface area contributed by atoms with E-state index in [4.69, 9.17) is 9.47 Å². The van der Waals surface area contributed by atoms with Crippen LogP contribution in [0.25, 0.3) is 0 Å². The zero-order valence-electron chi connectivity index (χ0n) is 15.5. The van der Waals surface area contributed by atoms with E-state index in [1.807, 2.05) is 26.8 Å². The highest BCUT2D eigenvalue weighted by Crippen LogP contribution is 2.26. The minimum atomic E-state index is -0.953. The fraction of sp³-hybridized carbons (Fsp3) is 0.526. The number of hydrogen-bond acceptors (Lipinski definition) is 5. The van der Waals surface area contributed by atoms with Crippen molar-refractivity contribution in [1.29, 1.82) is 5.26 Å². The number of nitriles is 1. The average Bonchev–Trinajstić information content (AvgIpc) is 2.53. The van der Waals surface area contributed by atoms with Crippen LogP contribution in [0.4, 0.5) is 5.69 Å². The van der Waals surface area contributed by atoms with Gasteiger partial charge in [0.2, 0.25) is 0 Å². The first-order valence-corrected chi connectivity index (χ1v) is 8.39. The first kappa shape index (κ1) is 20.7. The summed E-state index contributed by atoms with van der Waals surface area (Å²) in [4.78, 5) is 23.8. The topological polar surface area (TPSA) is 88.4 Å². The van der Waals surface area contributed by atoms with Crippen LogP contribution in [-0.2, 0) is 14.3 Å². The van der Waals surface area contributed by atoms with Crippen molar-refractivity contribution in [2.45, 2.75) is 53.1 Å². The lowest BCUT2D eigenvalue weighted by molar-refractivity contribution is -0.141. The molecule has 0 spiro atoms. The summed E-state index contributed by atoms with van der Waals surface area (Å²) in [6.07, 6.45) is 1.39. The number of carbonyl (C=O) groups is 2. The zero-order valence-corrected chi connectivity index (χ0v) is 15.5. The molecule has 0 aliphatic heterocycles. The van der Waals surface area contributed by atoms with Crippen molar-refractivity contribution in [1.82, 2.24) is 0 Å². The minimum Gasteiger partial charge on any atom is -0.425 e. The van der Waals surface area contributed by atoms with Gasteiger partial charge in [-0.15, -0.1) is 0 Å². The number of nitrogens with zero attached hydrogens (tertiary/aromatic N) is 1. The minimum absolute atomic E-state index is 0.167. The lowest BCUT2D eigenvalue weighted by Crippen LogP contribution is -2.44. The van der Waals surface area contributed by atoms with Gasteiger partial charge in [0.1, 0.15) is 17.4 Å². The monoisotopic (exact) mass is 346 g/mol. The quantitative estimate of drug-likeness (QED) is 0.573. The van der Waals surface area contributed by atoms with Gasteiger partial charge >= 0.3 is 5.97 Å². The second-order valence-corrected chi connectivity index (χ2v) is 6.55. The van der Waals surface area contributed by atoms with Gasteiger partial charge in [-0.1, -0.05) is 20.8 Å². The fourth-order valence-electron chi connectivity index (χ4n) is 2.53. The van der Waals surface area contributed by atoms with Crippen molar-refractivity contribution in [2.24, 2.45) is 5.92 Å². The van der Waals surface area contributed by atoms with Crippen LogP contribution in [0.15, 0.2) is 18.2 Å². The lowest BCUT2D eigenvalue weighted by Gasteiger charge is -2.30. The van der Waals surface area contributed by atoms with Gasteiger partial charge in [-0.05, 0) is 43.9 Å². The molecule has 1 aromatic carbocycles. The number of nitrogens with one attached hydrogen (secondary N) is 1. The third-order valence-corrected chi connectivity index (χ3v) is 3.51. The average molecular weight is 346 g/mol. The van der Waals surface area contributed by atoms with Crippen LogP contribution in [0, 0.1) is 17.2 Å². The molecule has 0 aromatic heterocycles. The summed E-state index contributed by atoms with van der Waals surface area (Å²) in [6, 6.07) is 6.52. The maximum absolute atomic E-state index is 12.7. The predicted molar refractivity (Wildman–Crippen MR) is 95.2 cm³/mol. The SMILES string of the molecule is CCCO[C@@](C)(CC(C)C)C(=O)Nc1ccc(OC(C)=O)c(C#N)c1. The van der Waals surface area contributed by atoms with Gasteiger partial charge in [0, 0.05) is 19.2 Å². The molecule has 1 aromatic rings. The molecular weight excluding hydrogens is 320 g/mol. The number of esters is 1. The summed E-state index contributed by atoms with van der Waals surface area (Å²) in [5.74, 6) is -0.321. The molecule has 1 rings (SSSR count). The zero-order chi connectivity index (χ0) is 19.0. The Morgan fingerprint density at radius 2 is 2.04 bits per heavy atom. The molecule has 0 aliphatic carbocycles. The standard InChI is InChI=1S/C19H26N2O4/c1-6-9-24-19(5,11-13(2)3)18(23)21-16-7-8-17(25-14(4)22)15(10-16)12-20/h7-8,10,13H,6,9,11H2,1-5H3,(H,21,23)/t19-/m0/s1. The van der Waals surface area contributed by atoms with Crippen molar-refractivity contribution in [2.75, 3.05) is 11.9 Å². The van der Waals surface area contributed by atoms with E-state index in [0.29, 0.717) is 18.7 Å². The van der Waals surface area contributed by atoms with E-state index in [-0.39, 0.29) is 23.1 Å². The Balaban J connectivity index is 3.00. The highest BCUT2D eigenvalue weighted by atomic mass is 16.5. The van der Waals surface area contributed by atoms with Crippen LogP contribution in [-0.4, -0.2) is 24.1 Å². The Bertz CT molecular complexity index is 664. The van der Waals surface area contributed by atoms with E-state index in [1.165, 1.54) is 19.1 Å². The molecule has 0 saturated heterocycles. The molecule has 1 atom stereocenters. The molecule has 25 heavy (non-hydrogen) atoms. The Hall–Kier alpha value is -2.39. The maximum atomic E-state index is 12.7. The molecule has 0 radical (unpaired) electrons. The highest BCUT2D eigenvalue weighted by Gasteiger charge is 2.35. The van der Waals surface area contributed by atoms with E-state index in [0.717, 1.165) is 6.42 Å². The second kappa shape index (κ2) is 9.19. The van der Waals surface area contributed by atoms with Gasteiger partial charge in [-0.2, -0.15) is 5.26 Å². The molecule has 0 aliphatic rings. The van der Waals surface area contributed by atoms with Crippen LogP contribution >= 0.6 is 0 Å². The first-order valence-electron chi connectivity index (χ1n) is 8.39.